The van der Waals surface area contributed by atoms with Crippen molar-refractivity contribution in [1.29, 1.82) is 0 Å². The van der Waals surface area contributed by atoms with Crippen molar-refractivity contribution in [3.63, 3.8) is 0 Å². The molecule has 2 amide bonds. The highest BCUT2D eigenvalue weighted by atomic mass is 16.2. The molecule has 4 nitrogen and oxygen atoms in total. The third kappa shape index (κ3) is 6.20. The van der Waals surface area contributed by atoms with Crippen LogP contribution in [-0.4, -0.2) is 24.9 Å². The molecule has 136 valence electrons. The molecule has 0 saturated heterocycles. The van der Waals surface area contributed by atoms with Gasteiger partial charge in [-0.05, 0) is 34.8 Å². The SMILES string of the molecule is CC(C)(C)c1ccc(C(=O)NCCNC(=O)/C=C/c2ccccc2)cc1. The first-order chi connectivity index (χ1) is 12.4. The Balaban J connectivity index is 1.73. The molecule has 0 saturated carbocycles. The lowest BCUT2D eigenvalue weighted by atomic mass is 9.87. The van der Waals surface area contributed by atoms with Gasteiger partial charge in [-0.1, -0.05) is 63.2 Å². The highest BCUT2D eigenvalue weighted by Gasteiger charge is 2.14. The van der Waals surface area contributed by atoms with Gasteiger partial charge in [0.15, 0.2) is 0 Å². The maximum Gasteiger partial charge on any atom is 0.251 e. The lowest BCUT2D eigenvalue weighted by molar-refractivity contribution is -0.116. The van der Waals surface area contributed by atoms with Crippen molar-refractivity contribution in [2.45, 2.75) is 26.2 Å². The molecule has 0 aliphatic heterocycles. The standard InChI is InChI=1S/C22H26N2O2/c1-22(2,3)19-12-10-18(11-13-19)21(26)24-16-15-23-20(25)14-9-17-7-5-4-6-8-17/h4-14H,15-16H2,1-3H3,(H,23,25)(H,24,26)/b14-9+. The van der Waals surface area contributed by atoms with Crippen molar-refractivity contribution < 1.29 is 9.59 Å². The lowest BCUT2D eigenvalue weighted by Gasteiger charge is -2.19. The van der Waals surface area contributed by atoms with Gasteiger partial charge in [-0.3, -0.25) is 9.59 Å². The summed E-state index contributed by atoms with van der Waals surface area (Å²) < 4.78 is 0. The first kappa shape index (κ1) is 19.4. The van der Waals surface area contributed by atoms with Crippen LogP contribution < -0.4 is 10.6 Å². The zero-order valence-electron chi connectivity index (χ0n) is 15.6. The van der Waals surface area contributed by atoms with Gasteiger partial charge in [0.05, 0.1) is 0 Å². The molecule has 0 heterocycles. The summed E-state index contributed by atoms with van der Waals surface area (Å²) in [6.07, 6.45) is 3.24. The van der Waals surface area contributed by atoms with Gasteiger partial charge in [0.1, 0.15) is 0 Å². The molecule has 0 atom stereocenters. The second-order valence-electron chi connectivity index (χ2n) is 7.12. The summed E-state index contributed by atoms with van der Waals surface area (Å²) in [5, 5.41) is 5.56. The van der Waals surface area contributed by atoms with Crippen molar-refractivity contribution in [1.82, 2.24) is 10.6 Å². The molecule has 2 aromatic rings. The summed E-state index contributed by atoms with van der Waals surface area (Å²) in [6, 6.07) is 17.2. The van der Waals surface area contributed by atoms with Crippen LogP contribution in [0.3, 0.4) is 0 Å². The summed E-state index contributed by atoms with van der Waals surface area (Å²) in [5.41, 5.74) is 2.83. The minimum absolute atomic E-state index is 0.0621. The zero-order valence-corrected chi connectivity index (χ0v) is 15.6. The Morgan fingerprint density at radius 3 is 2.12 bits per heavy atom. The molecule has 0 aliphatic carbocycles. The van der Waals surface area contributed by atoms with E-state index in [-0.39, 0.29) is 17.2 Å². The summed E-state index contributed by atoms with van der Waals surface area (Å²) in [6.45, 7) is 7.17. The Bertz CT molecular complexity index is 757. The highest BCUT2D eigenvalue weighted by molar-refractivity contribution is 5.94. The van der Waals surface area contributed by atoms with Gasteiger partial charge in [-0.25, -0.2) is 0 Å². The van der Waals surface area contributed by atoms with E-state index in [1.165, 1.54) is 11.6 Å². The number of hydrogen-bond acceptors (Lipinski definition) is 2. The monoisotopic (exact) mass is 350 g/mol. The molecular formula is C22H26N2O2. The van der Waals surface area contributed by atoms with Crippen molar-refractivity contribution in [3.8, 4) is 0 Å². The fourth-order valence-electron chi connectivity index (χ4n) is 2.38. The van der Waals surface area contributed by atoms with Crippen LogP contribution in [0.2, 0.25) is 0 Å². The molecule has 2 aromatic carbocycles. The molecule has 0 aromatic heterocycles. The van der Waals surface area contributed by atoms with Crippen molar-refractivity contribution in [3.05, 3.63) is 77.4 Å². The summed E-state index contributed by atoms with van der Waals surface area (Å²) in [4.78, 5) is 23.9. The van der Waals surface area contributed by atoms with Gasteiger partial charge in [-0.15, -0.1) is 0 Å². The van der Waals surface area contributed by atoms with Crippen molar-refractivity contribution in [2.75, 3.05) is 13.1 Å². The fourth-order valence-corrected chi connectivity index (χ4v) is 2.38. The van der Waals surface area contributed by atoms with E-state index in [0.29, 0.717) is 18.7 Å². The quantitative estimate of drug-likeness (QED) is 0.618. The van der Waals surface area contributed by atoms with E-state index >= 15 is 0 Å². The smallest absolute Gasteiger partial charge is 0.251 e. The minimum atomic E-state index is -0.183. The topological polar surface area (TPSA) is 58.2 Å². The molecule has 0 fully saturated rings. The average Bonchev–Trinajstić information content (AvgIpc) is 2.63. The predicted molar refractivity (Wildman–Crippen MR) is 106 cm³/mol. The molecule has 0 unspecified atom stereocenters. The molecule has 0 spiro atoms. The van der Waals surface area contributed by atoms with Gasteiger partial charge in [0.25, 0.3) is 5.91 Å². The van der Waals surface area contributed by atoms with Crippen LogP contribution >= 0.6 is 0 Å². The molecule has 0 aliphatic rings. The van der Waals surface area contributed by atoms with Gasteiger partial charge in [0, 0.05) is 24.7 Å². The summed E-state index contributed by atoms with van der Waals surface area (Å²) in [7, 11) is 0. The fraction of sp³-hybridized carbons (Fsp3) is 0.273. The molecular weight excluding hydrogens is 324 g/mol. The first-order valence-electron chi connectivity index (χ1n) is 8.76. The maximum atomic E-state index is 12.1. The Hall–Kier alpha value is -2.88. The summed E-state index contributed by atoms with van der Waals surface area (Å²) in [5.74, 6) is -0.322. The number of carbonyl (C=O) groups is 2. The Morgan fingerprint density at radius 1 is 0.885 bits per heavy atom. The molecule has 26 heavy (non-hydrogen) atoms. The predicted octanol–water partition coefficient (Wildman–Crippen LogP) is 3.54. The van der Waals surface area contributed by atoms with Crippen LogP contribution in [0.4, 0.5) is 0 Å². The van der Waals surface area contributed by atoms with E-state index in [4.69, 9.17) is 0 Å². The number of benzene rings is 2. The second-order valence-corrected chi connectivity index (χ2v) is 7.12. The first-order valence-corrected chi connectivity index (χ1v) is 8.76. The van der Waals surface area contributed by atoms with Crippen LogP contribution in [0.25, 0.3) is 6.08 Å². The highest BCUT2D eigenvalue weighted by Crippen LogP contribution is 2.22. The number of carbonyl (C=O) groups excluding carboxylic acids is 2. The van der Waals surface area contributed by atoms with Crippen LogP contribution in [-0.2, 0) is 10.2 Å². The third-order valence-electron chi connectivity index (χ3n) is 3.95. The Kier molecular flexibility index (Phi) is 6.73. The second kappa shape index (κ2) is 8.99. The molecule has 2 N–H and O–H groups in total. The van der Waals surface area contributed by atoms with Crippen LogP contribution in [0, 0.1) is 0 Å². The number of hydrogen-bond donors (Lipinski definition) is 2. The molecule has 2 rings (SSSR count). The van der Waals surface area contributed by atoms with E-state index in [9.17, 15) is 9.59 Å². The lowest BCUT2D eigenvalue weighted by Crippen LogP contribution is -2.34. The van der Waals surface area contributed by atoms with Crippen LogP contribution in [0.1, 0.15) is 42.3 Å². The summed E-state index contributed by atoms with van der Waals surface area (Å²) >= 11 is 0. The maximum absolute atomic E-state index is 12.1. The molecule has 0 radical (unpaired) electrons. The van der Waals surface area contributed by atoms with E-state index in [0.717, 1.165) is 5.56 Å². The largest absolute Gasteiger partial charge is 0.351 e. The van der Waals surface area contributed by atoms with Crippen molar-refractivity contribution in [2.24, 2.45) is 0 Å². The Labute approximate surface area is 155 Å². The average molecular weight is 350 g/mol. The van der Waals surface area contributed by atoms with Gasteiger partial charge in [-0.2, -0.15) is 0 Å². The number of amides is 2. The van der Waals surface area contributed by atoms with Gasteiger partial charge >= 0.3 is 0 Å². The zero-order chi connectivity index (χ0) is 19.0. The van der Waals surface area contributed by atoms with E-state index in [1.54, 1.807) is 6.08 Å². The van der Waals surface area contributed by atoms with E-state index in [2.05, 4.69) is 31.4 Å². The van der Waals surface area contributed by atoms with E-state index < -0.39 is 0 Å². The molecule has 4 heteroatoms. The molecule has 0 bridgehead atoms. The minimum Gasteiger partial charge on any atom is -0.351 e. The van der Waals surface area contributed by atoms with Gasteiger partial charge in [0.2, 0.25) is 5.91 Å². The van der Waals surface area contributed by atoms with Crippen LogP contribution in [0.15, 0.2) is 60.7 Å². The number of rotatable bonds is 6. The van der Waals surface area contributed by atoms with Crippen molar-refractivity contribution >= 4 is 17.9 Å². The van der Waals surface area contributed by atoms with E-state index in [1.807, 2.05) is 54.6 Å². The number of nitrogens with one attached hydrogen (secondary N) is 2. The van der Waals surface area contributed by atoms with Gasteiger partial charge < -0.3 is 10.6 Å². The normalized spacial score (nSPS) is 11.3. The van der Waals surface area contributed by atoms with Crippen LogP contribution in [0.5, 0.6) is 0 Å². The third-order valence-corrected chi connectivity index (χ3v) is 3.95. The Morgan fingerprint density at radius 2 is 1.50 bits per heavy atom.